The van der Waals surface area contributed by atoms with E-state index in [1.54, 1.807) is 4.52 Å². The summed E-state index contributed by atoms with van der Waals surface area (Å²) in [4.78, 5) is 30.8. The van der Waals surface area contributed by atoms with Crippen molar-refractivity contribution in [1.29, 1.82) is 0 Å². The maximum absolute atomic E-state index is 12.8. The summed E-state index contributed by atoms with van der Waals surface area (Å²) >= 11 is 0. The molecule has 2 aromatic heterocycles. The second-order valence-corrected chi connectivity index (χ2v) is 7.75. The van der Waals surface area contributed by atoms with Gasteiger partial charge in [-0.3, -0.25) is 9.59 Å². The van der Waals surface area contributed by atoms with E-state index < -0.39 is 5.91 Å². The van der Waals surface area contributed by atoms with Crippen molar-refractivity contribution in [1.82, 2.24) is 19.5 Å². The van der Waals surface area contributed by atoms with Crippen LogP contribution in [0.1, 0.15) is 40.2 Å². The molecule has 30 heavy (non-hydrogen) atoms. The Balaban J connectivity index is 1.40. The summed E-state index contributed by atoms with van der Waals surface area (Å²) in [7, 11) is 0. The number of para-hydroxylation sites is 1. The molecule has 1 aliphatic heterocycles. The third-order valence-electron chi connectivity index (χ3n) is 5.75. The van der Waals surface area contributed by atoms with E-state index in [4.69, 9.17) is 5.73 Å². The molecule has 1 fully saturated rings. The van der Waals surface area contributed by atoms with Crippen molar-refractivity contribution in [2.24, 2.45) is 5.73 Å². The Morgan fingerprint density at radius 1 is 1.23 bits per heavy atom. The van der Waals surface area contributed by atoms with E-state index in [0.29, 0.717) is 30.6 Å². The smallest absolute Gasteiger partial charge is 0.254 e. The van der Waals surface area contributed by atoms with Gasteiger partial charge in [-0.15, -0.1) is 0 Å². The molecule has 1 aliphatic rings. The van der Waals surface area contributed by atoms with Crippen molar-refractivity contribution >= 4 is 23.1 Å². The van der Waals surface area contributed by atoms with Crippen molar-refractivity contribution < 1.29 is 9.59 Å². The lowest BCUT2D eigenvalue weighted by Gasteiger charge is -2.18. The zero-order valence-corrected chi connectivity index (χ0v) is 17.3. The first-order valence-electron chi connectivity index (χ1n) is 10.2. The van der Waals surface area contributed by atoms with Crippen molar-refractivity contribution in [2.75, 3.05) is 18.4 Å². The fourth-order valence-corrected chi connectivity index (χ4v) is 4.11. The van der Waals surface area contributed by atoms with Crippen molar-refractivity contribution in [2.45, 2.75) is 39.2 Å². The predicted molar refractivity (Wildman–Crippen MR) is 114 cm³/mol. The first kappa shape index (κ1) is 19.9. The highest BCUT2D eigenvalue weighted by atomic mass is 16.2. The SMILES string of the molecule is Cc1nc2c(C(N)=O)cnn2c(C)c1CCC(=O)N1CCC(Nc2ccccc2)C1. The maximum atomic E-state index is 12.8. The molecule has 0 radical (unpaired) electrons. The quantitative estimate of drug-likeness (QED) is 0.652. The predicted octanol–water partition coefficient (Wildman–Crippen LogP) is 2.09. The molecule has 3 aromatic rings. The normalized spacial score (nSPS) is 16.2. The van der Waals surface area contributed by atoms with Gasteiger partial charge in [0, 0.05) is 42.6 Å². The Morgan fingerprint density at radius 2 is 2.00 bits per heavy atom. The number of rotatable bonds is 6. The zero-order chi connectivity index (χ0) is 21.3. The molecule has 2 amide bonds. The number of amides is 2. The summed E-state index contributed by atoms with van der Waals surface area (Å²) < 4.78 is 1.63. The Hall–Kier alpha value is -3.42. The van der Waals surface area contributed by atoms with Gasteiger partial charge in [0.15, 0.2) is 5.65 Å². The van der Waals surface area contributed by atoms with Gasteiger partial charge in [-0.05, 0) is 44.4 Å². The van der Waals surface area contributed by atoms with E-state index in [0.717, 1.165) is 35.6 Å². The van der Waals surface area contributed by atoms with E-state index in [1.807, 2.05) is 49.1 Å². The summed E-state index contributed by atoms with van der Waals surface area (Å²) in [6, 6.07) is 10.3. The van der Waals surface area contributed by atoms with Crippen LogP contribution in [0.4, 0.5) is 5.69 Å². The molecule has 0 saturated carbocycles. The molecule has 0 bridgehead atoms. The first-order chi connectivity index (χ1) is 14.4. The van der Waals surface area contributed by atoms with Gasteiger partial charge < -0.3 is 16.0 Å². The number of aryl methyl sites for hydroxylation is 2. The lowest BCUT2D eigenvalue weighted by Crippen LogP contribution is -2.31. The molecule has 1 saturated heterocycles. The molecule has 0 aliphatic carbocycles. The number of anilines is 1. The van der Waals surface area contributed by atoms with E-state index in [9.17, 15) is 9.59 Å². The van der Waals surface area contributed by atoms with Crippen LogP contribution in [-0.2, 0) is 11.2 Å². The van der Waals surface area contributed by atoms with Crippen LogP contribution in [0.25, 0.3) is 5.65 Å². The minimum atomic E-state index is -0.549. The minimum Gasteiger partial charge on any atom is -0.380 e. The molecule has 3 heterocycles. The van der Waals surface area contributed by atoms with Crippen LogP contribution in [0.3, 0.4) is 0 Å². The topological polar surface area (TPSA) is 106 Å². The fraction of sp³-hybridized carbons (Fsp3) is 0.364. The molecule has 1 aromatic carbocycles. The van der Waals surface area contributed by atoms with E-state index in [2.05, 4.69) is 15.4 Å². The monoisotopic (exact) mass is 406 g/mol. The molecule has 1 atom stereocenters. The Labute approximate surface area is 175 Å². The molecular weight excluding hydrogens is 380 g/mol. The standard InChI is InChI=1S/C22H26N6O2/c1-14-18(15(2)28-22(25-14)19(12-24-28)21(23)30)8-9-20(29)27-11-10-17(13-27)26-16-6-4-3-5-7-16/h3-7,12,17,26H,8-11,13H2,1-2H3,(H2,23,30). The lowest BCUT2D eigenvalue weighted by molar-refractivity contribution is -0.130. The summed E-state index contributed by atoms with van der Waals surface area (Å²) in [5.41, 5.74) is 9.90. The molecule has 156 valence electrons. The van der Waals surface area contributed by atoms with Crippen molar-refractivity contribution in [3.05, 3.63) is 59.0 Å². The van der Waals surface area contributed by atoms with Gasteiger partial charge in [-0.25, -0.2) is 9.50 Å². The van der Waals surface area contributed by atoms with Crippen LogP contribution in [-0.4, -0.2) is 50.4 Å². The van der Waals surface area contributed by atoms with Crippen molar-refractivity contribution in [3.8, 4) is 0 Å². The molecule has 0 spiro atoms. The van der Waals surface area contributed by atoms with Gasteiger partial charge in [-0.2, -0.15) is 5.10 Å². The third kappa shape index (κ3) is 3.85. The van der Waals surface area contributed by atoms with Gasteiger partial charge in [0.25, 0.3) is 5.91 Å². The number of aromatic nitrogens is 3. The Morgan fingerprint density at radius 3 is 2.73 bits per heavy atom. The van der Waals surface area contributed by atoms with Gasteiger partial charge in [0.1, 0.15) is 5.56 Å². The summed E-state index contributed by atoms with van der Waals surface area (Å²) in [5, 5.41) is 7.74. The zero-order valence-electron chi connectivity index (χ0n) is 17.3. The van der Waals surface area contributed by atoms with Crippen molar-refractivity contribution in [3.63, 3.8) is 0 Å². The molecule has 8 nitrogen and oxygen atoms in total. The summed E-state index contributed by atoms with van der Waals surface area (Å²) in [5.74, 6) is -0.406. The number of benzene rings is 1. The number of likely N-dealkylation sites (tertiary alicyclic amines) is 1. The van der Waals surface area contributed by atoms with E-state index in [1.165, 1.54) is 6.20 Å². The van der Waals surface area contributed by atoms with Gasteiger partial charge in [-0.1, -0.05) is 18.2 Å². The number of nitrogens with zero attached hydrogens (tertiary/aromatic N) is 4. The highest BCUT2D eigenvalue weighted by Crippen LogP contribution is 2.20. The number of nitrogens with one attached hydrogen (secondary N) is 1. The maximum Gasteiger partial charge on any atom is 0.254 e. The van der Waals surface area contributed by atoms with Gasteiger partial charge >= 0.3 is 0 Å². The third-order valence-corrected chi connectivity index (χ3v) is 5.75. The highest BCUT2D eigenvalue weighted by molar-refractivity contribution is 5.98. The number of nitrogens with two attached hydrogens (primary N) is 1. The molecular formula is C22H26N6O2. The second-order valence-electron chi connectivity index (χ2n) is 7.75. The van der Waals surface area contributed by atoms with E-state index in [-0.39, 0.29) is 11.9 Å². The van der Waals surface area contributed by atoms with Crippen LogP contribution in [0.5, 0.6) is 0 Å². The fourth-order valence-electron chi connectivity index (χ4n) is 4.11. The average Bonchev–Trinajstić information content (AvgIpc) is 3.35. The molecule has 3 N–H and O–H groups in total. The van der Waals surface area contributed by atoms with Crippen LogP contribution in [0.15, 0.2) is 36.5 Å². The number of carbonyl (C=O) groups is 2. The lowest BCUT2D eigenvalue weighted by atomic mass is 10.1. The average molecular weight is 406 g/mol. The minimum absolute atomic E-state index is 0.143. The number of hydrogen-bond acceptors (Lipinski definition) is 5. The summed E-state index contributed by atoms with van der Waals surface area (Å²) in [6.07, 6.45) is 3.38. The highest BCUT2D eigenvalue weighted by Gasteiger charge is 2.26. The molecule has 1 unspecified atom stereocenters. The number of fused-ring (bicyclic) bond motifs is 1. The van der Waals surface area contributed by atoms with Crippen LogP contribution in [0.2, 0.25) is 0 Å². The number of hydrogen-bond donors (Lipinski definition) is 2. The second kappa shape index (κ2) is 8.14. The Kier molecular flexibility index (Phi) is 5.39. The van der Waals surface area contributed by atoms with Crippen LogP contribution in [0, 0.1) is 13.8 Å². The van der Waals surface area contributed by atoms with E-state index >= 15 is 0 Å². The van der Waals surface area contributed by atoms with Gasteiger partial charge in [0.2, 0.25) is 5.91 Å². The van der Waals surface area contributed by atoms with Gasteiger partial charge in [0.05, 0.1) is 6.20 Å². The Bertz CT molecular complexity index is 1090. The van der Waals surface area contributed by atoms with Crippen LogP contribution >= 0.6 is 0 Å². The number of carbonyl (C=O) groups excluding carboxylic acids is 2. The summed E-state index contributed by atoms with van der Waals surface area (Å²) in [6.45, 7) is 5.29. The molecule has 8 heteroatoms. The first-order valence-corrected chi connectivity index (χ1v) is 10.2. The van der Waals surface area contributed by atoms with Crippen LogP contribution < -0.4 is 11.1 Å². The largest absolute Gasteiger partial charge is 0.380 e. The molecule has 4 rings (SSSR count). The number of primary amides is 1.